The average Bonchev–Trinajstić information content (AvgIpc) is 2.86. The van der Waals surface area contributed by atoms with Crippen LogP contribution in [-0.4, -0.2) is 48.8 Å². The van der Waals surface area contributed by atoms with Crippen LogP contribution in [0.2, 0.25) is 0 Å². The quantitative estimate of drug-likeness (QED) is 0.603. The molecular weight excluding hydrogens is 360 g/mol. The molecule has 0 radical (unpaired) electrons. The number of likely N-dealkylation sites (tertiary alicyclic amines) is 1. The summed E-state index contributed by atoms with van der Waals surface area (Å²) < 4.78 is 10.2. The van der Waals surface area contributed by atoms with Crippen LogP contribution in [0.15, 0.2) is 12.1 Å². The van der Waals surface area contributed by atoms with Crippen molar-refractivity contribution in [1.82, 2.24) is 4.90 Å². The van der Waals surface area contributed by atoms with Crippen molar-refractivity contribution in [3.63, 3.8) is 0 Å². The van der Waals surface area contributed by atoms with Crippen molar-refractivity contribution in [1.29, 1.82) is 5.26 Å². The number of methoxy groups -OCH3 is 1. The molecule has 0 unspecified atom stereocenters. The number of benzene rings is 1. The van der Waals surface area contributed by atoms with Gasteiger partial charge in [0.1, 0.15) is 11.7 Å². The molecule has 3 N–H and O–H groups in total. The molecule has 1 fully saturated rings. The van der Waals surface area contributed by atoms with E-state index in [-0.39, 0.29) is 28.9 Å². The van der Waals surface area contributed by atoms with E-state index in [2.05, 4.69) is 11.4 Å². The van der Waals surface area contributed by atoms with Gasteiger partial charge in [0, 0.05) is 19.1 Å². The highest BCUT2D eigenvalue weighted by atomic mass is 16.6. The Morgan fingerprint density at radius 2 is 2.04 bits per heavy atom. The van der Waals surface area contributed by atoms with Crippen LogP contribution in [0.4, 0.5) is 16.2 Å². The fraction of sp³-hybridized carbons (Fsp3) is 0.550. The van der Waals surface area contributed by atoms with Crippen molar-refractivity contribution in [3.8, 4) is 6.07 Å². The zero-order valence-electron chi connectivity index (χ0n) is 16.9. The first-order valence-electron chi connectivity index (χ1n) is 9.31. The lowest BCUT2D eigenvalue weighted by molar-refractivity contribution is 0.0252. The molecule has 0 spiro atoms. The molecule has 0 bridgehead atoms. The first kappa shape index (κ1) is 21.4. The van der Waals surface area contributed by atoms with Gasteiger partial charge in [0.15, 0.2) is 0 Å². The highest BCUT2D eigenvalue weighted by Crippen LogP contribution is 2.28. The van der Waals surface area contributed by atoms with Gasteiger partial charge in [0.2, 0.25) is 0 Å². The van der Waals surface area contributed by atoms with Gasteiger partial charge in [-0.05, 0) is 52.2 Å². The molecule has 28 heavy (non-hydrogen) atoms. The van der Waals surface area contributed by atoms with Gasteiger partial charge in [0.25, 0.3) is 0 Å². The van der Waals surface area contributed by atoms with Crippen LogP contribution < -0.4 is 11.1 Å². The number of nitrogen functional groups attached to an aromatic ring is 1. The molecule has 8 nitrogen and oxygen atoms in total. The maximum absolute atomic E-state index is 12.5. The van der Waals surface area contributed by atoms with Gasteiger partial charge in [-0.25, -0.2) is 9.59 Å². The van der Waals surface area contributed by atoms with Gasteiger partial charge in [-0.15, -0.1) is 0 Å². The summed E-state index contributed by atoms with van der Waals surface area (Å²) in [5, 5.41) is 12.8. The molecule has 0 saturated carbocycles. The minimum absolute atomic E-state index is 0.0894. The number of carbonyl (C=O) groups is 2. The number of ether oxygens (including phenoxy) is 2. The molecule has 1 saturated heterocycles. The van der Waals surface area contributed by atoms with Crippen LogP contribution in [0.5, 0.6) is 0 Å². The molecule has 1 aliphatic heterocycles. The van der Waals surface area contributed by atoms with Crippen molar-refractivity contribution >= 4 is 23.4 Å². The molecule has 0 aromatic heterocycles. The van der Waals surface area contributed by atoms with Gasteiger partial charge < -0.3 is 25.4 Å². The largest absolute Gasteiger partial charge is 0.465 e. The van der Waals surface area contributed by atoms with Crippen LogP contribution in [0.25, 0.3) is 0 Å². The van der Waals surface area contributed by atoms with Gasteiger partial charge >= 0.3 is 12.1 Å². The summed E-state index contributed by atoms with van der Waals surface area (Å²) in [4.78, 5) is 25.9. The zero-order chi connectivity index (χ0) is 20.9. The van der Waals surface area contributed by atoms with Crippen LogP contribution in [0.3, 0.4) is 0 Å². The number of carbonyl (C=O) groups excluding carboxylic acids is 2. The minimum atomic E-state index is -0.561. The molecule has 1 heterocycles. The molecule has 1 amide bonds. The molecule has 1 aromatic rings. The Morgan fingerprint density at radius 1 is 1.32 bits per heavy atom. The van der Waals surface area contributed by atoms with E-state index in [9.17, 15) is 14.9 Å². The SMILES string of the molecule is COC(=O)c1cc(N)c(N[C@@H]2CCCCN(C(=O)OC(C)(C)C)C2)c(C#N)c1. The number of hydrogen-bond donors (Lipinski definition) is 2. The normalized spacial score (nSPS) is 17.2. The number of nitriles is 1. The number of hydrogen-bond acceptors (Lipinski definition) is 7. The molecule has 1 aromatic carbocycles. The Balaban J connectivity index is 2.20. The Hall–Kier alpha value is -2.95. The standard InChI is InChI=1S/C20H28N4O4/c1-20(2,3)28-19(26)24-8-6-5-7-15(12-24)23-17-14(11-21)9-13(10-16(17)22)18(25)27-4/h9-10,15,23H,5-8,12,22H2,1-4H3/t15-/m1/s1. The predicted octanol–water partition coefficient (Wildman–Crippen LogP) is 3.13. The smallest absolute Gasteiger partial charge is 0.410 e. The first-order valence-corrected chi connectivity index (χ1v) is 9.31. The zero-order valence-corrected chi connectivity index (χ0v) is 16.9. The number of nitrogens with two attached hydrogens (primary N) is 1. The Bertz CT molecular complexity index is 780. The van der Waals surface area contributed by atoms with Crippen molar-refractivity contribution in [2.24, 2.45) is 0 Å². The van der Waals surface area contributed by atoms with E-state index in [0.717, 1.165) is 19.3 Å². The van der Waals surface area contributed by atoms with Crippen LogP contribution in [-0.2, 0) is 9.47 Å². The van der Waals surface area contributed by atoms with Crippen LogP contribution in [0.1, 0.15) is 56.0 Å². The second-order valence-electron chi connectivity index (χ2n) is 7.85. The number of esters is 1. The third-order valence-corrected chi connectivity index (χ3v) is 4.38. The predicted molar refractivity (Wildman–Crippen MR) is 106 cm³/mol. The first-order chi connectivity index (χ1) is 13.1. The number of rotatable bonds is 3. The molecule has 1 atom stereocenters. The maximum Gasteiger partial charge on any atom is 0.410 e. The number of nitrogens with zero attached hydrogens (tertiary/aromatic N) is 2. The van der Waals surface area contributed by atoms with Crippen molar-refractivity contribution in [2.45, 2.75) is 51.7 Å². The Labute approximate surface area is 165 Å². The average molecular weight is 388 g/mol. The third kappa shape index (κ3) is 5.52. The summed E-state index contributed by atoms with van der Waals surface area (Å²) >= 11 is 0. The summed E-state index contributed by atoms with van der Waals surface area (Å²) in [5.74, 6) is -0.555. The second kappa shape index (κ2) is 8.83. The maximum atomic E-state index is 12.5. The summed E-state index contributed by atoms with van der Waals surface area (Å²) in [5.41, 5.74) is 6.76. The molecule has 1 aliphatic rings. The summed E-state index contributed by atoms with van der Waals surface area (Å²) in [6.07, 6.45) is 2.27. The Morgan fingerprint density at radius 3 is 2.64 bits per heavy atom. The van der Waals surface area contributed by atoms with Gasteiger partial charge in [-0.1, -0.05) is 0 Å². The van der Waals surface area contributed by atoms with Gasteiger partial charge in [-0.2, -0.15) is 5.26 Å². The molecular formula is C20H28N4O4. The topological polar surface area (TPSA) is 118 Å². The molecule has 2 rings (SSSR count). The van der Waals surface area contributed by atoms with Crippen molar-refractivity contribution in [3.05, 3.63) is 23.3 Å². The highest BCUT2D eigenvalue weighted by molar-refractivity contribution is 5.93. The monoisotopic (exact) mass is 388 g/mol. The van der Waals surface area contributed by atoms with E-state index < -0.39 is 11.6 Å². The lowest BCUT2D eigenvalue weighted by atomic mass is 10.0. The van der Waals surface area contributed by atoms with E-state index in [1.54, 1.807) is 4.90 Å². The molecule has 8 heteroatoms. The third-order valence-electron chi connectivity index (χ3n) is 4.38. The van der Waals surface area contributed by atoms with E-state index in [4.69, 9.17) is 15.2 Å². The fourth-order valence-electron chi connectivity index (χ4n) is 3.11. The fourth-order valence-corrected chi connectivity index (χ4v) is 3.11. The van der Waals surface area contributed by atoms with E-state index in [0.29, 0.717) is 18.8 Å². The lowest BCUT2D eigenvalue weighted by Crippen LogP contribution is -2.42. The second-order valence-corrected chi connectivity index (χ2v) is 7.85. The molecule has 152 valence electrons. The van der Waals surface area contributed by atoms with Gasteiger partial charge in [-0.3, -0.25) is 0 Å². The summed E-state index contributed by atoms with van der Waals surface area (Å²) in [7, 11) is 1.27. The van der Waals surface area contributed by atoms with Gasteiger partial charge in [0.05, 0.1) is 29.6 Å². The highest BCUT2D eigenvalue weighted by Gasteiger charge is 2.27. The Kier molecular flexibility index (Phi) is 6.73. The summed E-state index contributed by atoms with van der Waals surface area (Å²) in [6.45, 7) is 6.57. The minimum Gasteiger partial charge on any atom is -0.465 e. The van der Waals surface area contributed by atoms with E-state index in [1.807, 2.05) is 20.8 Å². The lowest BCUT2D eigenvalue weighted by Gasteiger charge is -2.29. The van der Waals surface area contributed by atoms with Crippen molar-refractivity contribution in [2.75, 3.05) is 31.2 Å². The van der Waals surface area contributed by atoms with Crippen molar-refractivity contribution < 1.29 is 19.1 Å². The van der Waals surface area contributed by atoms with E-state index in [1.165, 1.54) is 19.2 Å². The molecule has 0 aliphatic carbocycles. The number of nitrogens with one attached hydrogen (secondary N) is 1. The number of amides is 1. The van der Waals surface area contributed by atoms with Crippen LogP contribution >= 0.6 is 0 Å². The van der Waals surface area contributed by atoms with E-state index >= 15 is 0 Å². The summed E-state index contributed by atoms with van der Waals surface area (Å²) in [6, 6.07) is 4.92. The number of anilines is 2. The van der Waals surface area contributed by atoms with Crippen LogP contribution in [0, 0.1) is 11.3 Å².